The average Bonchev–Trinajstić information content (AvgIpc) is 3.37. The highest BCUT2D eigenvalue weighted by molar-refractivity contribution is 5.95. The summed E-state index contributed by atoms with van der Waals surface area (Å²) in [4.78, 5) is 15.0. The lowest BCUT2D eigenvalue weighted by Crippen LogP contribution is -2.08. The van der Waals surface area contributed by atoms with E-state index in [1.54, 1.807) is 12.1 Å². The Bertz CT molecular complexity index is 1170. The van der Waals surface area contributed by atoms with Gasteiger partial charge in [0.1, 0.15) is 5.69 Å². The number of nitrogens with one attached hydrogen (secondary N) is 1. The first kappa shape index (κ1) is 19.9. The molecule has 1 aliphatic carbocycles. The number of carbonyl (C=O) groups excluding carboxylic acids is 1. The first-order chi connectivity index (χ1) is 14.2. The van der Waals surface area contributed by atoms with Crippen LogP contribution < -0.4 is 0 Å². The van der Waals surface area contributed by atoms with E-state index in [1.807, 2.05) is 11.2 Å². The van der Waals surface area contributed by atoms with Gasteiger partial charge < -0.3 is 4.74 Å². The Labute approximate surface area is 169 Å². The summed E-state index contributed by atoms with van der Waals surface area (Å²) < 4.78 is 45.5. The molecular weight excluding hydrogens is 397 g/mol. The maximum absolute atomic E-state index is 13.5. The molecular formula is C21H17F3N4O2. The second kappa shape index (κ2) is 7.13. The summed E-state index contributed by atoms with van der Waals surface area (Å²) in [6.07, 6.45) is -1.44. The zero-order valence-electron chi connectivity index (χ0n) is 16.0. The smallest absolute Gasteiger partial charge is 0.433 e. The average molecular weight is 414 g/mol. The summed E-state index contributed by atoms with van der Waals surface area (Å²) in [5.74, 6) is -0.411. The quantitative estimate of drug-likeness (QED) is 0.629. The van der Waals surface area contributed by atoms with Gasteiger partial charge in [0, 0.05) is 19.5 Å². The molecule has 1 N–H and O–H groups in total. The van der Waals surface area contributed by atoms with E-state index in [4.69, 9.17) is 4.74 Å². The Kier molecular flexibility index (Phi) is 4.73. The van der Waals surface area contributed by atoms with Gasteiger partial charge in [-0.05, 0) is 47.2 Å². The zero-order chi connectivity index (χ0) is 21.5. The van der Waals surface area contributed by atoms with E-state index in [2.05, 4.69) is 16.2 Å². The molecule has 4 rings (SSSR count). The largest absolute Gasteiger partial charge is 0.466 e. The van der Waals surface area contributed by atoms with Crippen LogP contribution >= 0.6 is 0 Å². The lowest BCUT2D eigenvalue weighted by Gasteiger charge is -2.14. The minimum absolute atomic E-state index is 0.0342. The van der Waals surface area contributed by atoms with Gasteiger partial charge in [0.05, 0.1) is 23.5 Å². The van der Waals surface area contributed by atoms with Crippen molar-refractivity contribution in [3.63, 3.8) is 0 Å². The third-order valence-corrected chi connectivity index (χ3v) is 5.25. The molecule has 1 fully saturated rings. The number of halogens is 3. The molecule has 30 heavy (non-hydrogen) atoms. The van der Waals surface area contributed by atoms with E-state index in [0.717, 1.165) is 11.1 Å². The first-order valence-electron chi connectivity index (χ1n) is 9.33. The molecule has 0 atom stereocenters. The fourth-order valence-electron chi connectivity index (χ4n) is 3.56. The fourth-order valence-corrected chi connectivity index (χ4v) is 3.56. The van der Waals surface area contributed by atoms with Crippen molar-refractivity contribution in [3.8, 4) is 17.2 Å². The van der Waals surface area contributed by atoms with Gasteiger partial charge in [-0.2, -0.15) is 23.5 Å². The molecule has 0 saturated heterocycles. The number of nitriles is 1. The molecule has 1 aromatic carbocycles. The Hall–Kier alpha value is -3.41. The highest BCUT2D eigenvalue weighted by Gasteiger charge is 2.45. The number of nitrogens with zero attached hydrogens (tertiary/aromatic N) is 3. The van der Waals surface area contributed by atoms with E-state index >= 15 is 0 Å². The number of ether oxygens (including phenoxy) is 1. The lowest BCUT2D eigenvalue weighted by atomic mass is 9.90. The predicted octanol–water partition coefficient (Wildman–Crippen LogP) is 4.30. The van der Waals surface area contributed by atoms with Crippen LogP contribution in [0.4, 0.5) is 13.2 Å². The van der Waals surface area contributed by atoms with Crippen molar-refractivity contribution in [1.29, 1.82) is 5.26 Å². The van der Waals surface area contributed by atoms with Crippen molar-refractivity contribution in [1.82, 2.24) is 15.2 Å². The minimum atomic E-state index is -4.62. The molecule has 1 aliphatic rings. The first-order valence-corrected chi connectivity index (χ1v) is 9.33. The third-order valence-electron chi connectivity index (χ3n) is 5.25. The summed E-state index contributed by atoms with van der Waals surface area (Å²) in [6, 6.07) is 9.20. The SMILES string of the molecule is CC(=O)OCCc1cc(-c2ccnc3n[nH]c(C(F)(F)F)c23)cc(C2(C#N)CC2)c1. The Morgan fingerprint density at radius 3 is 2.73 bits per heavy atom. The number of H-pyrrole nitrogens is 1. The van der Waals surface area contributed by atoms with Gasteiger partial charge in [-0.15, -0.1) is 0 Å². The second-order valence-electron chi connectivity index (χ2n) is 7.36. The maximum atomic E-state index is 13.5. The third kappa shape index (κ3) is 3.61. The molecule has 0 aliphatic heterocycles. The number of benzene rings is 1. The van der Waals surface area contributed by atoms with Gasteiger partial charge in [-0.25, -0.2) is 4.98 Å². The molecule has 0 amide bonds. The van der Waals surface area contributed by atoms with Crippen LogP contribution in [0.25, 0.3) is 22.2 Å². The van der Waals surface area contributed by atoms with Gasteiger partial charge in [0.2, 0.25) is 0 Å². The molecule has 3 aromatic rings. The van der Waals surface area contributed by atoms with Crippen LogP contribution in [0, 0.1) is 11.3 Å². The minimum Gasteiger partial charge on any atom is -0.466 e. The maximum Gasteiger partial charge on any atom is 0.433 e. The van der Waals surface area contributed by atoms with Crippen LogP contribution in [0.15, 0.2) is 30.5 Å². The molecule has 9 heteroatoms. The Morgan fingerprint density at radius 1 is 1.33 bits per heavy atom. The Morgan fingerprint density at radius 2 is 2.10 bits per heavy atom. The van der Waals surface area contributed by atoms with Gasteiger partial charge in [-0.1, -0.05) is 12.1 Å². The number of alkyl halides is 3. The van der Waals surface area contributed by atoms with Crippen molar-refractivity contribution in [2.45, 2.75) is 37.8 Å². The molecule has 2 aromatic heterocycles. The molecule has 2 heterocycles. The van der Waals surface area contributed by atoms with Crippen molar-refractivity contribution < 1.29 is 22.7 Å². The monoisotopic (exact) mass is 414 g/mol. The number of hydrogen-bond acceptors (Lipinski definition) is 5. The zero-order valence-corrected chi connectivity index (χ0v) is 16.0. The predicted molar refractivity (Wildman–Crippen MR) is 101 cm³/mol. The summed E-state index contributed by atoms with van der Waals surface area (Å²) in [6.45, 7) is 1.45. The number of hydrogen-bond donors (Lipinski definition) is 1. The molecule has 0 radical (unpaired) electrons. The van der Waals surface area contributed by atoms with Crippen molar-refractivity contribution in [2.75, 3.05) is 6.61 Å². The van der Waals surface area contributed by atoms with Crippen LogP contribution in [0.5, 0.6) is 0 Å². The summed E-state index contributed by atoms with van der Waals surface area (Å²) in [7, 11) is 0. The van der Waals surface area contributed by atoms with E-state index < -0.39 is 23.3 Å². The van der Waals surface area contributed by atoms with E-state index in [9.17, 15) is 23.2 Å². The van der Waals surface area contributed by atoms with Gasteiger partial charge in [-0.3, -0.25) is 9.89 Å². The van der Waals surface area contributed by atoms with Gasteiger partial charge in [0.15, 0.2) is 5.65 Å². The molecule has 1 saturated carbocycles. The number of carbonyl (C=O) groups is 1. The normalized spacial score (nSPS) is 15.0. The van der Waals surface area contributed by atoms with Crippen LogP contribution in [0.1, 0.15) is 36.6 Å². The number of aromatic nitrogens is 3. The number of fused-ring (bicyclic) bond motifs is 1. The number of pyridine rings is 1. The van der Waals surface area contributed by atoms with E-state index in [0.29, 0.717) is 30.4 Å². The van der Waals surface area contributed by atoms with Crippen molar-refractivity contribution in [3.05, 3.63) is 47.3 Å². The van der Waals surface area contributed by atoms with Crippen molar-refractivity contribution in [2.24, 2.45) is 0 Å². The molecule has 0 spiro atoms. The molecule has 0 bridgehead atoms. The number of rotatable bonds is 5. The fraction of sp³-hybridized carbons (Fsp3) is 0.333. The van der Waals surface area contributed by atoms with Gasteiger partial charge >= 0.3 is 12.1 Å². The molecule has 0 unspecified atom stereocenters. The lowest BCUT2D eigenvalue weighted by molar-refractivity contribution is -0.141. The highest BCUT2D eigenvalue weighted by atomic mass is 19.4. The van der Waals surface area contributed by atoms with Crippen LogP contribution in [-0.2, 0) is 27.5 Å². The summed E-state index contributed by atoms with van der Waals surface area (Å²) >= 11 is 0. The molecule has 6 nitrogen and oxygen atoms in total. The van der Waals surface area contributed by atoms with Crippen molar-refractivity contribution >= 4 is 17.0 Å². The number of aromatic amines is 1. The van der Waals surface area contributed by atoms with Crippen LogP contribution in [0.3, 0.4) is 0 Å². The summed E-state index contributed by atoms with van der Waals surface area (Å²) in [5.41, 5.74) is 0.759. The van der Waals surface area contributed by atoms with Crippen LogP contribution in [0.2, 0.25) is 0 Å². The summed E-state index contributed by atoms with van der Waals surface area (Å²) in [5, 5.41) is 15.2. The Balaban J connectivity index is 1.86. The molecule has 154 valence electrons. The standard InChI is InChI=1S/C21H17F3N4O2/c1-12(29)30-7-3-13-8-14(10-15(9-13)20(11-25)4-5-20)16-2-6-26-19-17(16)18(27-28-19)21(22,23)24/h2,6,8-10H,3-5,7H2,1H3,(H,26,27,28). The highest BCUT2D eigenvalue weighted by Crippen LogP contribution is 2.49. The van der Waals surface area contributed by atoms with Crippen LogP contribution in [-0.4, -0.2) is 27.8 Å². The van der Waals surface area contributed by atoms with Gasteiger partial charge in [0.25, 0.3) is 0 Å². The topological polar surface area (TPSA) is 91.7 Å². The second-order valence-corrected chi connectivity index (χ2v) is 7.36. The van der Waals surface area contributed by atoms with E-state index in [-0.39, 0.29) is 17.6 Å². The van der Waals surface area contributed by atoms with E-state index in [1.165, 1.54) is 19.2 Å². The number of esters is 1.